The normalized spacial score (nSPS) is 17.2. The number of aryl methyl sites for hydroxylation is 1. The van der Waals surface area contributed by atoms with Crippen molar-refractivity contribution in [2.24, 2.45) is 7.05 Å². The van der Waals surface area contributed by atoms with E-state index in [-0.39, 0.29) is 0 Å². The molecule has 18 heavy (non-hydrogen) atoms. The molecule has 5 heteroatoms. The van der Waals surface area contributed by atoms with E-state index in [0.29, 0.717) is 5.92 Å². The summed E-state index contributed by atoms with van der Waals surface area (Å²) in [6.45, 7) is 2.22. The van der Waals surface area contributed by atoms with Crippen molar-refractivity contribution in [3.63, 3.8) is 0 Å². The average molecular weight is 326 g/mol. The molecule has 0 aliphatic carbocycles. The fourth-order valence-corrected chi connectivity index (χ4v) is 3.96. The molecule has 1 aliphatic rings. The molecule has 0 unspecified atom stereocenters. The number of hydrogen-bond acceptors (Lipinski definition) is 3. The number of aromatic nitrogens is 2. The molecule has 0 spiro atoms. The molecule has 2 aromatic heterocycles. The smallest absolute Gasteiger partial charge is 0.0782 e. The lowest BCUT2D eigenvalue weighted by Crippen LogP contribution is -2.26. The minimum Gasteiger partial charge on any atom is -0.317 e. The van der Waals surface area contributed by atoms with Gasteiger partial charge in [-0.3, -0.25) is 4.68 Å². The third-order valence-electron chi connectivity index (χ3n) is 3.48. The minimum absolute atomic E-state index is 0.620. The molecule has 3 rings (SSSR count). The Kier molecular flexibility index (Phi) is 3.54. The molecular weight excluding hydrogens is 310 g/mol. The summed E-state index contributed by atoms with van der Waals surface area (Å²) < 4.78 is 3.16. The van der Waals surface area contributed by atoms with Crippen molar-refractivity contribution in [2.75, 3.05) is 13.1 Å². The summed E-state index contributed by atoms with van der Waals surface area (Å²) in [5, 5.41) is 10.2. The van der Waals surface area contributed by atoms with Gasteiger partial charge in [0.25, 0.3) is 0 Å². The molecule has 3 heterocycles. The van der Waals surface area contributed by atoms with Crippen molar-refractivity contribution in [3.05, 3.63) is 27.7 Å². The molecule has 0 saturated carbocycles. The summed E-state index contributed by atoms with van der Waals surface area (Å²) in [5.41, 5.74) is 2.47. The van der Waals surface area contributed by atoms with E-state index < -0.39 is 0 Å². The lowest BCUT2D eigenvalue weighted by atomic mass is 9.94. The number of rotatable bonds is 2. The van der Waals surface area contributed by atoms with Gasteiger partial charge in [0.2, 0.25) is 0 Å². The van der Waals surface area contributed by atoms with Crippen molar-refractivity contribution in [1.29, 1.82) is 0 Å². The van der Waals surface area contributed by atoms with E-state index in [1.165, 1.54) is 29.1 Å². The summed E-state index contributed by atoms with van der Waals surface area (Å²) in [4.78, 5) is 1.28. The second-order valence-electron chi connectivity index (χ2n) is 4.73. The van der Waals surface area contributed by atoms with Crippen LogP contribution in [-0.4, -0.2) is 22.9 Å². The van der Waals surface area contributed by atoms with Crippen LogP contribution in [0.1, 0.15) is 24.5 Å². The molecule has 1 fully saturated rings. The van der Waals surface area contributed by atoms with Gasteiger partial charge in [0.15, 0.2) is 0 Å². The molecule has 96 valence electrons. The van der Waals surface area contributed by atoms with E-state index in [9.17, 15) is 0 Å². The maximum absolute atomic E-state index is 4.70. The number of nitrogens with one attached hydrogen (secondary N) is 1. The molecule has 0 bridgehead atoms. The quantitative estimate of drug-likeness (QED) is 0.917. The number of halogens is 1. The molecular formula is C13H16BrN3S. The van der Waals surface area contributed by atoms with Crippen molar-refractivity contribution in [1.82, 2.24) is 15.1 Å². The maximum Gasteiger partial charge on any atom is 0.0782 e. The third-order valence-corrected chi connectivity index (χ3v) is 5.19. The van der Waals surface area contributed by atoms with E-state index in [4.69, 9.17) is 5.10 Å². The second kappa shape index (κ2) is 5.15. The van der Waals surface area contributed by atoms with Crippen molar-refractivity contribution in [2.45, 2.75) is 18.8 Å². The van der Waals surface area contributed by atoms with Crippen molar-refractivity contribution < 1.29 is 0 Å². The molecule has 1 aliphatic heterocycles. The first-order valence-electron chi connectivity index (χ1n) is 6.23. The molecule has 0 amide bonds. The van der Waals surface area contributed by atoms with Crippen LogP contribution < -0.4 is 5.32 Å². The lowest BCUT2D eigenvalue weighted by molar-refractivity contribution is 0.450. The Balaban J connectivity index is 1.90. The Labute approximate surface area is 119 Å². The van der Waals surface area contributed by atoms with Gasteiger partial charge >= 0.3 is 0 Å². The van der Waals surface area contributed by atoms with Crippen LogP contribution in [-0.2, 0) is 7.05 Å². The first-order chi connectivity index (χ1) is 8.74. The Hall–Kier alpha value is -0.650. The number of piperidine rings is 1. The van der Waals surface area contributed by atoms with Crippen LogP contribution >= 0.6 is 27.3 Å². The predicted molar refractivity (Wildman–Crippen MR) is 79.1 cm³/mol. The molecule has 1 N–H and O–H groups in total. The Bertz CT molecular complexity index is 540. The van der Waals surface area contributed by atoms with Crippen molar-refractivity contribution >= 4 is 27.3 Å². The summed E-state index contributed by atoms with van der Waals surface area (Å²) in [6, 6.07) is 4.42. The standard InChI is InChI=1S/C13H16BrN3S/c1-17-12(13-6-10(14)8-18-13)7-11(16-17)9-2-4-15-5-3-9/h6-9,15H,2-5H2,1H3. The first kappa shape index (κ1) is 12.4. The fraction of sp³-hybridized carbons (Fsp3) is 0.462. The highest BCUT2D eigenvalue weighted by Gasteiger charge is 2.19. The van der Waals surface area contributed by atoms with Gasteiger partial charge in [0.1, 0.15) is 0 Å². The topological polar surface area (TPSA) is 29.9 Å². The number of nitrogens with zero attached hydrogens (tertiary/aromatic N) is 2. The van der Waals surface area contributed by atoms with E-state index in [1.54, 1.807) is 11.3 Å². The minimum atomic E-state index is 0.620. The summed E-state index contributed by atoms with van der Waals surface area (Å²) in [7, 11) is 2.04. The summed E-state index contributed by atoms with van der Waals surface area (Å²) >= 11 is 5.27. The zero-order valence-electron chi connectivity index (χ0n) is 10.3. The highest BCUT2D eigenvalue weighted by Crippen LogP contribution is 2.32. The number of hydrogen-bond donors (Lipinski definition) is 1. The van der Waals surface area contributed by atoms with E-state index in [0.717, 1.165) is 17.6 Å². The van der Waals surface area contributed by atoms with E-state index in [2.05, 4.69) is 38.8 Å². The highest BCUT2D eigenvalue weighted by atomic mass is 79.9. The largest absolute Gasteiger partial charge is 0.317 e. The molecule has 3 nitrogen and oxygen atoms in total. The Morgan fingerprint density at radius 2 is 2.17 bits per heavy atom. The van der Waals surface area contributed by atoms with Gasteiger partial charge < -0.3 is 5.32 Å². The third kappa shape index (κ3) is 2.39. The van der Waals surface area contributed by atoms with Crippen LogP contribution in [0.4, 0.5) is 0 Å². The predicted octanol–water partition coefficient (Wildman–Crippen LogP) is 3.38. The average Bonchev–Trinajstić information content (AvgIpc) is 2.97. The number of thiophene rings is 1. The molecule has 0 radical (unpaired) electrons. The van der Waals surface area contributed by atoms with E-state index in [1.807, 2.05) is 11.7 Å². The lowest BCUT2D eigenvalue weighted by Gasteiger charge is -2.20. The fourth-order valence-electron chi connectivity index (χ4n) is 2.48. The SMILES string of the molecule is Cn1nc(C2CCNCC2)cc1-c1cc(Br)cs1. The van der Waals surface area contributed by atoms with Gasteiger partial charge in [-0.15, -0.1) is 11.3 Å². The Morgan fingerprint density at radius 3 is 2.83 bits per heavy atom. The van der Waals surface area contributed by atoms with E-state index >= 15 is 0 Å². The Morgan fingerprint density at radius 1 is 1.39 bits per heavy atom. The van der Waals surface area contributed by atoms with Crippen LogP contribution in [0, 0.1) is 0 Å². The second-order valence-corrected chi connectivity index (χ2v) is 6.56. The van der Waals surface area contributed by atoms with Crippen molar-refractivity contribution in [3.8, 4) is 10.6 Å². The summed E-state index contributed by atoms with van der Waals surface area (Å²) in [5.74, 6) is 0.620. The van der Waals surface area contributed by atoms with Gasteiger partial charge in [-0.25, -0.2) is 0 Å². The van der Waals surface area contributed by atoms with Gasteiger partial charge in [-0.05, 0) is 54.0 Å². The monoisotopic (exact) mass is 325 g/mol. The highest BCUT2D eigenvalue weighted by molar-refractivity contribution is 9.10. The summed E-state index contributed by atoms with van der Waals surface area (Å²) in [6.07, 6.45) is 2.40. The molecule has 1 saturated heterocycles. The molecule has 0 atom stereocenters. The van der Waals surface area contributed by atoms with Gasteiger partial charge in [-0.2, -0.15) is 5.10 Å². The maximum atomic E-state index is 4.70. The van der Waals surface area contributed by atoms with Crippen LogP contribution in [0.2, 0.25) is 0 Å². The zero-order valence-corrected chi connectivity index (χ0v) is 12.7. The van der Waals surface area contributed by atoms with Crippen LogP contribution in [0.25, 0.3) is 10.6 Å². The van der Waals surface area contributed by atoms with Gasteiger partial charge in [0.05, 0.1) is 16.3 Å². The molecule has 2 aromatic rings. The van der Waals surface area contributed by atoms with Crippen LogP contribution in [0.15, 0.2) is 22.0 Å². The van der Waals surface area contributed by atoms with Gasteiger partial charge in [0, 0.05) is 22.8 Å². The zero-order chi connectivity index (χ0) is 12.5. The first-order valence-corrected chi connectivity index (χ1v) is 7.90. The van der Waals surface area contributed by atoms with Crippen LogP contribution in [0.5, 0.6) is 0 Å². The molecule has 0 aromatic carbocycles. The van der Waals surface area contributed by atoms with Gasteiger partial charge in [-0.1, -0.05) is 0 Å². The van der Waals surface area contributed by atoms with Crippen LogP contribution in [0.3, 0.4) is 0 Å².